The number of rotatable bonds is 5. The highest BCUT2D eigenvalue weighted by molar-refractivity contribution is 5.67. The van der Waals surface area contributed by atoms with Gasteiger partial charge in [0.05, 0.1) is 18.1 Å². The van der Waals surface area contributed by atoms with Crippen LogP contribution in [0.4, 0.5) is 5.69 Å². The van der Waals surface area contributed by atoms with E-state index in [0.29, 0.717) is 5.92 Å². The number of nitro benzene ring substituents is 1. The Balaban J connectivity index is 1.53. The Hall–Kier alpha value is -2.24. The van der Waals surface area contributed by atoms with Crippen LogP contribution in [0, 0.1) is 10.1 Å². The Labute approximate surface area is 147 Å². The SMILES string of the molecule is O=[N+]([O-])c1ccc(-c2ccc(CN3CCOCC3)cc2)cc1C1CC1. The molecule has 2 aliphatic rings. The summed E-state index contributed by atoms with van der Waals surface area (Å²) >= 11 is 0. The fraction of sp³-hybridized carbons (Fsp3) is 0.400. The summed E-state index contributed by atoms with van der Waals surface area (Å²) < 4.78 is 5.39. The molecule has 0 radical (unpaired) electrons. The van der Waals surface area contributed by atoms with Gasteiger partial charge < -0.3 is 4.74 Å². The summed E-state index contributed by atoms with van der Waals surface area (Å²) in [5, 5.41) is 11.2. The molecule has 0 bridgehead atoms. The van der Waals surface area contributed by atoms with Gasteiger partial charge in [-0.3, -0.25) is 15.0 Å². The molecule has 2 aromatic rings. The predicted molar refractivity (Wildman–Crippen MR) is 96.6 cm³/mol. The Bertz CT molecular complexity index is 763. The molecule has 2 aromatic carbocycles. The van der Waals surface area contributed by atoms with E-state index in [1.54, 1.807) is 6.07 Å². The van der Waals surface area contributed by atoms with E-state index in [2.05, 4.69) is 29.2 Å². The number of nitrogens with zero attached hydrogens (tertiary/aromatic N) is 2. The van der Waals surface area contributed by atoms with Gasteiger partial charge in [-0.25, -0.2) is 0 Å². The minimum absolute atomic E-state index is 0.259. The molecule has 5 nitrogen and oxygen atoms in total. The third-order valence-electron chi connectivity index (χ3n) is 5.04. The maximum Gasteiger partial charge on any atom is 0.272 e. The van der Waals surface area contributed by atoms with Crippen molar-refractivity contribution in [3.8, 4) is 11.1 Å². The molecule has 0 unspecified atom stereocenters. The molecule has 1 saturated heterocycles. The van der Waals surface area contributed by atoms with Gasteiger partial charge in [0.15, 0.2) is 0 Å². The van der Waals surface area contributed by atoms with Crippen LogP contribution in [0.5, 0.6) is 0 Å². The van der Waals surface area contributed by atoms with Gasteiger partial charge in [-0.15, -0.1) is 0 Å². The summed E-state index contributed by atoms with van der Waals surface area (Å²) in [7, 11) is 0. The van der Waals surface area contributed by atoms with E-state index < -0.39 is 0 Å². The van der Waals surface area contributed by atoms with Crippen molar-refractivity contribution in [3.63, 3.8) is 0 Å². The lowest BCUT2D eigenvalue weighted by molar-refractivity contribution is -0.385. The van der Waals surface area contributed by atoms with Crippen molar-refractivity contribution in [2.45, 2.75) is 25.3 Å². The summed E-state index contributed by atoms with van der Waals surface area (Å²) in [6.45, 7) is 4.52. The van der Waals surface area contributed by atoms with Crippen LogP contribution < -0.4 is 0 Å². The molecule has 2 fully saturated rings. The van der Waals surface area contributed by atoms with Gasteiger partial charge in [-0.05, 0) is 47.6 Å². The number of morpholine rings is 1. The van der Waals surface area contributed by atoms with Crippen molar-refractivity contribution in [3.05, 3.63) is 63.7 Å². The first-order chi connectivity index (χ1) is 12.2. The number of hydrogen-bond donors (Lipinski definition) is 0. The average molecular weight is 338 g/mol. The average Bonchev–Trinajstić information content (AvgIpc) is 3.48. The van der Waals surface area contributed by atoms with Crippen LogP contribution in [0.2, 0.25) is 0 Å². The molecule has 0 amide bonds. The van der Waals surface area contributed by atoms with Crippen LogP contribution >= 0.6 is 0 Å². The van der Waals surface area contributed by atoms with Crippen LogP contribution in [-0.2, 0) is 11.3 Å². The molecular formula is C20H22N2O3. The number of hydrogen-bond acceptors (Lipinski definition) is 4. The van der Waals surface area contributed by atoms with Crippen LogP contribution in [0.1, 0.15) is 29.9 Å². The highest BCUT2D eigenvalue weighted by Gasteiger charge is 2.30. The zero-order valence-electron chi connectivity index (χ0n) is 14.2. The summed E-state index contributed by atoms with van der Waals surface area (Å²) in [5.41, 5.74) is 4.61. The highest BCUT2D eigenvalue weighted by atomic mass is 16.6. The molecule has 1 saturated carbocycles. The maximum absolute atomic E-state index is 11.2. The lowest BCUT2D eigenvalue weighted by Crippen LogP contribution is -2.35. The monoisotopic (exact) mass is 338 g/mol. The van der Waals surface area contributed by atoms with Gasteiger partial charge in [0.25, 0.3) is 5.69 Å². The predicted octanol–water partition coefficient (Wildman–Crippen LogP) is 3.97. The molecule has 5 heteroatoms. The summed E-state index contributed by atoms with van der Waals surface area (Å²) in [6, 6.07) is 14.1. The first kappa shape index (κ1) is 16.2. The quantitative estimate of drug-likeness (QED) is 0.611. The summed E-state index contributed by atoms with van der Waals surface area (Å²) in [4.78, 5) is 13.4. The molecule has 1 heterocycles. The third-order valence-corrected chi connectivity index (χ3v) is 5.04. The zero-order chi connectivity index (χ0) is 17.2. The molecule has 1 aliphatic heterocycles. The molecule has 0 atom stereocenters. The summed E-state index contributed by atoms with van der Waals surface area (Å²) in [6.07, 6.45) is 2.12. The lowest BCUT2D eigenvalue weighted by Gasteiger charge is -2.26. The standard InChI is InChI=1S/C20H22N2O3/c23-22(24)20-8-7-18(13-19(20)17-5-6-17)16-3-1-15(2-4-16)14-21-9-11-25-12-10-21/h1-4,7-8,13,17H,5-6,9-12,14H2. The van der Waals surface area contributed by atoms with Crippen LogP contribution in [-0.4, -0.2) is 36.1 Å². The number of benzene rings is 2. The molecule has 25 heavy (non-hydrogen) atoms. The van der Waals surface area contributed by atoms with Gasteiger partial charge >= 0.3 is 0 Å². The van der Waals surface area contributed by atoms with Gasteiger partial charge in [-0.2, -0.15) is 0 Å². The summed E-state index contributed by atoms with van der Waals surface area (Å²) in [5.74, 6) is 0.362. The molecule has 0 spiro atoms. The van der Waals surface area contributed by atoms with Crippen LogP contribution in [0.25, 0.3) is 11.1 Å². The van der Waals surface area contributed by atoms with Crippen molar-refractivity contribution < 1.29 is 9.66 Å². The highest BCUT2D eigenvalue weighted by Crippen LogP contribution is 2.45. The van der Waals surface area contributed by atoms with Gasteiger partial charge in [0, 0.05) is 31.3 Å². The second-order valence-corrected chi connectivity index (χ2v) is 6.89. The van der Waals surface area contributed by atoms with Crippen LogP contribution in [0.3, 0.4) is 0 Å². The van der Waals surface area contributed by atoms with E-state index >= 15 is 0 Å². The number of ether oxygens (including phenoxy) is 1. The normalized spacial score (nSPS) is 18.2. The first-order valence-electron chi connectivity index (χ1n) is 8.88. The molecule has 130 valence electrons. The largest absolute Gasteiger partial charge is 0.379 e. The smallest absolute Gasteiger partial charge is 0.272 e. The van der Waals surface area contributed by atoms with E-state index in [4.69, 9.17) is 4.74 Å². The van der Waals surface area contributed by atoms with Crippen LogP contribution in [0.15, 0.2) is 42.5 Å². The minimum Gasteiger partial charge on any atom is -0.379 e. The Morgan fingerprint density at radius 1 is 1.04 bits per heavy atom. The van der Waals surface area contributed by atoms with Crippen molar-refractivity contribution in [1.29, 1.82) is 0 Å². The van der Waals surface area contributed by atoms with Gasteiger partial charge in [0.2, 0.25) is 0 Å². The van der Waals surface area contributed by atoms with E-state index in [1.807, 2.05) is 12.1 Å². The first-order valence-corrected chi connectivity index (χ1v) is 8.88. The number of nitro groups is 1. The Morgan fingerprint density at radius 2 is 1.72 bits per heavy atom. The lowest BCUT2D eigenvalue weighted by atomic mass is 9.98. The van der Waals surface area contributed by atoms with E-state index in [-0.39, 0.29) is 10.6 Å². The molecular weight excluding hydrogens is 316 g/mol. The minimum atomic E-state index is -0.261. The fourth-order valence-corrected chi connectivity index (χ4v) is 3.44. The fourth-order valence-electron chi connectivity index (χ4n) is 3.44. The zero-order valence-corrected chi connectivity index (χ0v) is 14.2. The molecule has 0 aromatic heterocycles. The van der Waals surface area contributed by atoms with E-state index in [0.717, 1.165) is 62.4 Å². The Morgan fingerprint density at radius 3 is 2.36 bits per heavy atom. The maximum atomic E-state index is 11.2. The van der Waals surface area contributed by atoms with Crippen molar-refractivity contribution in [2.24, 2.45) is 0 Å². The van der Waals surface area contributed by atoms with Gasteiger partial charge in [0.1, 0.15) is 0 Å². The van der Waals surface area contributed by atoms with Crippen molar-refractivity contribution in [1.82, 2.24) is 4.90 Å². The second-order valence-electron chi connectivity index (χ2n) is 6.89. The van der Waals surface area contributed by atoms with E-state index in [1.165, 1.54) is 5.56 Å². The topological polar surface area (TPSA) is 55.6 Å². The van der Waals surface area contributed by atoms with Crippen molar-refractivity contribution >= 4 is 5.69 Å². The third kappa shape index (κ3) is 3.72. The second kappa shape index (κ2) is 6.94. The van der Waals surface area contributed by atoms with E-state index in [9.17, 15) is 10.1 Å². The molecule has 4 rings (SSSR count). The van der Waals surface area contributed by atoms with Crippen molar-refractivity contribution in [2.75, 3.05) is 26.3 Å². The molecule has 1 aliphatic carbocycles. The van der Waals surface area contributed by atoms with Gasteiger partial charge in [-0.1, -0.05) is 24.3 Å². The Kier molecular flexibility index (Phi) is 4.51. The molecule has 0 N–H and O–H groups in total.